The lowest BCUT2D eigenvalue weighted by atomic mass is 9.97. The van der Waals surface area contributed by atoms with Gasteiger partial charge in [0.15, 0.2) is 5.43 Å². The molecule has 0 radical (unpaired) electrons. The average Bonchev–Trinajstić information content (AvgIpc) is 2.95. The van der Waals surface area contributed by atoms with Gasteiger partial charge in [0.25, 0.3) is 5.91 Å². The Kier molecular flexibility index (Phi) is 4.49. The largest absolute Gasteiger partial charge is 0.496 e. The lowest BCUT2D eigenvalue weighted by Crippen LogP contribution is -2.32. The molecule has 1 atom stereocenters. The number of aliphatic hydroxyl groups is 1. The topological polar surface area (TPSA) is 80.0 Å². The summed E-state index contributed by atoms with van der Waals surface area (Å²) in [5, 5.41) is 9.86. The molecule has 4 rings (SSSR count). The maximum Gasteiger partial charge on any atom is 0.290 e. The molecule has 7 heteroatoms. The minimum Gasteiger partial charge on any atom is -0.496 e. The van der Waals surface area contributed by atoms with Crippen LogP contribution in [0.2, 0.25) is 0 Å². The highest BCUT2D eigenvalue weighted by atomic mass is 79.9. The Labute approximate surface area is 163 Å². The standard InChI is InChI=1S/C20H16BrNO5/c1-26-14-5-3-2-4-12(14)17-16-18(24)13-10-11(21)6-7-15(13)27-19(16)20(25)22(17)8-9-23/h2-7,10,17,23H,8-9H2,1H3. The van der Waals surface area contributed by atoms with E-state index in [9.17, 15) is 14.7 Å². The molecule has 1 N–H and O–H groups in total. The monoisotopic (exact) mass is 429 g/mol. The molecular weight excluding hydrogens is 414 g/mol. The molecule has 0 bridgehead atoms. The summed E-state index contributed by atoms with van der Waals surface area (Å²) < 4.78 is 12.0. The van der Waals surface area contributed by atoms with Crippen molar-refractivity contribution in [3.63, 3.8) is 0 Å². The molecule has 27 heavy (non-hydrogen) atoms. The number of hydrogen-bond acceptors (Lipinski definition) is 5. The summed E-state index contributed by atoms with van der Waals surface area (Å²) in [6.07, 6.45) is 0. The van der Waals surface area contributed by atoms with Gasteiger partial charge in [-0.25, -0.2) is 0 Å². The van der Waals surface area contributed by atoms with Crippen molar-refractivity contribution in [3.8, 4) is 5.75 Å². The highest BCUT2D eigenvalue weighted by Gasteiger charge is 2.43. The normalized spacial score (nSPS) is 16.0. The zero-order valence-electron chi connectivity index (χ0n) is 14.4. The van der Waals surface area contributed by atoms with Gasteiger partial charge in [0, 0.05) is 16.6 Å². The van der Waals surface area contributed by atoms with Crippen molar-refractivity contribution in [1.82, 2.24) is 4.90 Å². The van der Waals surface area contributed by atoms with Gasteiger partial charge in [-0.2, -0.15) is 0 Å². The average molecular weight is 430 g/mol. The number of benzene rings is 2. The first-order valence-electron chi connectivity index (χ1n) is 8.37. The Balaban J connectivity index is 2.04. The number of halogens is 1. The van der Waals surface area contributed by atoms with Crippen molar-refractivity contribution < 1.29 is 19.1 Å². The molecule has 0 saturated heterocycles. The van der Waals surface area contributed by atoms with E-state index in [1.165, 1.54) is 12.0 Å². The van der Waals surface area contributed by atoms with Gasteiger partial charge in [-0.05, 0) is 24.3 Å². The zero-order chi connectivity index (χ0) is 19.1. The van der Waals surface area contributed by atoms with E-state index in [0.717, 1.165) is 4.47 Å². The van der Waals surface area contributed by atoms with Crippen molar-refractivity contribution in [2.45, 2.75) is 6.04 Å². The number of para-hydroxylation sites is 1. The first kappa shape index (κ1) is 17.8. The Bertz CT molecular complexity index is 1110. The molecule has 0 saturated carbocycles. The molecule has 2 heterocycles. The van der Waals surface area contributed by atoms with Crippen LogP contribution in [-0.2, 0) is 0 Å². The van der Waals surface area contributed by atoms with E-state index in [1.807, 2.05) is 12.1 Å². The lowest BCUT2D eigenvalue weighted by molar-refractivity contribution is 0.0690. The minimum absolute atomic E-state index is 0.0131. The zero-order valence-corrected chi connectivity index (χ0v) is 16.0. The summed E-state index contributed by atoms with van der Waals surface area (Å²) in [5.41, 5.74) is 1.02. The highest BCUT2D eigenvalue weighted by Crippen LogP contribution is 2.41. The van der Waals surface area contributed by atoms with Gasteiger partial charge < -0.3 is 19.2 Å². The van der Waals surface area contributed by atoms with Gasteiger partial charge >= 0.3 is 0 Å². The Morgan fingerprint density at radius 3 is 2.74 bits per heavy atom. The molecular formula is C20H16BrNO5. The predicted molar refractivity (Wildman–Crippen MR) is 103 cm³/mol. The maximum absolute atomic E-state index is 13.3. The van der Waals surface area contributed by atoms with Crippen LogP contribution in [0.3, 0.4) is 0 Å². The summed E-state index contributed by atoms with van der Waals surface area (Å²) in [7, 11) is 1.53. The number of methoxy groups -OCH3 is 1. The minimum atomic E-state index is -0.685. The van der Waals surface area contributed by atoms with E-state index >= 15 is 0 Å². The maximum atomic E-state index is 13.3. The van der Waals surface area contributed by atoms with Crippen LogP contribution in [0.5, 0.6) is 5.75 Å². The fourth-order valence-corrected chi connectivity index (χ4v) is 3.91. The molecule has 0 fully saturated rings. The van der Waals surface area contributed by atoms with E-state index in [-0.39, 0.29) is 29.9 Å². The number of amides is 1. The Hall–Kier alpha value is -2.64. The fourth-order valence-electron chi connectivity index (χ4n) is 3.55. The second kappa shape index (κ2) is 6.83. The Morgan fingerprint density at radius 1 is 1.22 bits per heavy atom. The molecule has 0 aliphatic carbocycles. The summed E-state index contributed by atoms with van der Waals surface area (Å²) in [4.78, 5) is 27.7. The van der Waals surface area contributed by atoms with Crippen LogP contribution in [0.15, 0.2) is 56.1 Å². The van der Waals surface area contributed by atoms with E-state index in [2.05, 4.69) is 15.9 Å². The number of β-amino-alcohol motifs (C(OH)–C–C–N with tert-alkyl or cyclic N) is 1. The SMILES string of the molecule is COc1ccccc1C1c2c(oc3ccc(Br)cc3c2=O)C(=O)N1CCO. The van der Waals surface area contributed by atoms with Crippen molar-refractivity contribution in [1.29, 1.82) is 0 Å². The summed E-state index contributed by atoms with van der Waals surface area (Å²) >= 11 is 3.37. The number of carbonyl (C=O) groups excluding carboxylic acids is 1. The molecule has 3 aromatic rings. The second-order valence-electron chi connectivity index (χ2n) is 6.18. The van der Waals surface area contributed by atoms with E-state index in [0.29, 0.717) is 22.3 Å². The number of rotatable bonds is 4. The smallest absolute Gasteiger partial charge is 0.290 e. The third kappa shape index (κ3) is 2.74. The van der Waals surface area contributed by atoms with Crippen LogP contribution >= 0.6 is 15.9 Å². The highest BCUT2D eigenvalue weighted by molar-refractivity contribution is 9.10. The van der Waals surface area contributed by atoms with Crippen LogP contribution in [-0.4, -0.2) is 36.2 Å². The molecule has 6 nitrogen and oxygen atoms in total. The second-order valence-corrected chi connectivity index (χ2v) is 7.10. The van der Waals surface area contributed by atoms with Gasteiger partial charge in [0.05, 0.1) is 30.7 Å². The summed E-state index contributed by atoms with van der Waals surface area (Å²) in [5.74, 6) is 0.149. The van der Waals surface area contributed by atoms with Crippen molar-refractivity contribution >= 4 is 32.8 Å². The summed E-state index contributed by atoms with van der Waals surface area (Å²) in [6, 6.07) is 11.6. The van der Waals surface area contributed by atoms with Crippen molar-refractivity contribution in [2.75, 3.05) is 20.3 Å². The first-order valence-corrected chi connectivity index (χ1v) is 9.17. The van der Waals surface area contributed by atoms with Gasteiger partial charge in [-0.3, -0.25) is 9.59 Å². The van der Waals surface area contributed by atoms with E-state index in [1.54, 1.807) is 30.3 Å². The molecule has 2 aromatic carbocycles. The van der Waals surface area contributed by atoms with E-state index in [4.69, 9.17) is 9.15 Å². The molecule has 1 aliphatic heterocycles. The third-order valence-corrected chi connectivity index (χ3v) is 5.20. The summed E-state index contributed by atoms with van der Waals surface area (Å²) in [6.45, 7) is -0.157. The number of ether oxygens (including phenoxy) is 1. The predicted octanol–water partition coefficient (Wildman–Crippen LogP) is 3.10. The molecule has 0 spiro atoms. The van der Waals surface area contributed by atoms with Crippen LogP contribution in [0.25, 0.3) is 11.0 Å². The first-order chi connectivity index (χ1) is 13.1. The van der Waals surface area contributed by atoms with Gasteiger partial charge in [-0.1, -0.05) is 34.1 Å². The van der Waals surface area contributed by atoms with E-state index < -0.39 is 11.9 Å². The van der Waals surface area contributed by atoms with Crippen LogP contribution in [0, 0.1) is 0 Å². The van der Waals surface area contributed by atoms with Gasteiger partial charge in [0.2, 0.25) is 5.76 Å². The van der Waals surface area contributed by atoms with Crippen LogP contribution in [0.1, 0.15) is 27.7 Å². The molecule has 1 aliphatic rings. The number of carbonyl (C=O) groups is 1. The van der Waals surface area contributed by atoms with Gasteiger partial charge in [0.1, 0.15) is 11.3 Å². The third-order valence-electron chi connectivity index (χ3n) is 4.70. The Morgan fingerprint density at radius 2 is 2.00 bits per heavy atom. The van der Waals surface area contributed by atoms with Crippen LogP contribution < -0.4 is 10.2 Å². The lowest BCUT2D eigenvalue weighted by Gasteiger charge is -2.25. The number of hydrogen-bond donors (Lipinski definition) is 1. The van der Waals surface area contributed by atoms with Crippen molar-refractivity contribution in [2.24, 2.45) is 0 Å². The van der Waals surface area contributed by atoms with Crippen molar-refractivity contribution in [3.05, 3.63) is 74.0 Å². The molecule has 138 valence electrons. The number of fused-ring (bicyclic) bond motifs is 2. The molecule has 1 aromatic heterocycles. The number of aliphatic hydroxyl groups excluding tert-OH is 1. The fraction of sp³-hybridized carbons (Fsp3) is 0.200. The molecule has 1 amide bonds. The molecule has 1 unspecified atom stereocenters. The number of nitrogens with zero attached hydrogens (tertiary/aromatic N) is 1. The van der Waals surface area contributed by atoms with Gasteiger partial charge in [-0.15, -0.1) is 0 Å². The quantitative estimate of drug-likeness (QED) is 0.688. The van der Waals surface area contributed by atoms with Crippen LogP contribution in [0.4, 0.5) is 0 Å².